The van der Waals surface area contributed by atoms with E-state index in [-0.39, 0.29) is 5.69 Å². The predicted molar refractivity (Wildman–Crippen MR) is 112 cm³/mol. The molecule has 0 saturated heterocycles. The highest BCUT2D eigenvalue weighted by atomic mass is 16.5. The first kappa shape index (κ1) is 19.2. The Kier molecular flexibility index (Phi) is 5.70. The lowest BCUT2D eigenvalue weighted by atomic mass is 10.1. The van der Waals surface area contributed by atoms with Crippen LogP contribution in [0.3, 0.4) is 0 Å². The van der Waals surface area contributed by atoms with Crippen LogP contribution in [-0.4, -0.2) is 21.3 Å². The van der Waals surface area contributed by atoms with Crippen molar-refractivity contribution in [2.75, 3.05) is 0 Å². The SMILES string of the molecule is NC(=O)c1n[nH]nc1-c1cc(OCc2ccccc2)cc(OCc2ccccc2)c1. The Morgan fingerprint density at radius 2 is 1.33 bits per heavy atom. The maximum atomic E-state index is 11.7. The van der Waals surface area contributed by atoms with Gasteiger partial charge in [-0.2, -0.15) is 15.4 Å². The van der Waals surface area contributed by atoms with Crippen molar-refractivity contribution in [2.24, 2.45) is 5.73 Å². The van der Waals surface area contributed by atoms with Gasteiger partial charge >= 0.3 is 0 Å². The van der Waals surface area contributed by atoms with Crippen molar-refractivity contribution in [2.45, 2.75) is 13.2 Å². The van der Waals surface area contributed by atoms with Crippen molar-refractivity contribution in [3.8, 4) is 22.8 Å². The van der Waals surface area contributed by atoms with Crippen molar-refractivity contribution in [3.05, 3.63) is 95.7 Å². The molecule has 1 aromatic heterocycles. The average molecular weight is 400 g/mol. The van der Waals surface area contributed by atoms with E-state index in [1.807, 2.05) is 60.7 Å². The molecule has 3 aromatic carbocycles. The lowest BCUT2D eigenvalue weighted by Gasteiger charge is -2.12. The fraction of sp³-hybridized carbons (Fsp3) is 0.0870. The van der Waals surface area contributed by atoms with Crippen LogP contribution < -0.4 is 15.2 Å². The zero-order valence-electron chi connectivity index (χ0n) is 16.1. The third-order valence-corrected chi connectivity index (χ3v) is 4.43. The van der Waals surface area contributed by atoms with Gasteiger partial charge < -0.3 is 15.2 Å². The van der Waals surface area contributed by atoms with E-state index in [4.69, 9.17) is 15.2 Å². The summed E-state index contributed by atoms with van der Waals surface area (Å²) >= 11 is 0. The van der Waals surface area contributed by atoms with Gasteiger partial charge in [0.25, 0.3) is 5.91 Å². The molecule has 0 spiro atoms. The molecule has 0 saturated carbocycles. The van der Waals surface area contributed by atoms with Crippen LogP contribution in [0.15, 0.2) is 78.9 Å². The van der Waals surface area contributed by atoms with Gasteiger partial charge in [-0.15, -0.1) is 0 Å². The van der Waals surface area contributed by atoms with Crippen molar-refractivity contribution in [1.82, 2.24) is 15.4 Å². The van der Waals surface area contributed by atoms with Gasteiger partial charge in [0.05, 0.1) is 0 Å². The number of hydrogen-bond donors (Lipinski definition) is 2. The minimum Gasteiger partial charge on any atom is -0.489 e. The van der Waals surface area contributed by atoms with Crippen LogP contribution in [0.1, 0.15) is 21.6 Å². The number of nitrogens with zero attached hydrogens (tertiary/aromatic N) is 2. The van der Waals surface area contributed by atoms with Crippen molar-refractivity contribution in [3.63, 3.8) is 0 Å². The summed E-state index contributed by atoms with van der Waals surface area (Å²) in [5.41, 5.74) is 8.51. The molecule has 0 aliphatic rings. The highest BCUT2D eigenvalue weighted by Gasteiger charge is 2.17. The van der Waals surface area contributed by atoms with Gasteiger partial charge in [-0.25, -0.2) is 0 Å². The summed E-state index contributed by atoms with van der Waals surface area (Å²) in [4.78, 5) is 11.7. The van der Waals surface area contributed by atoms with E-state index in [1.54, 1.807) is 18.2 Å². The topological polar surface area (TPSA) is 103 Å². The molecule has 0 unspecified atom stereocenters. The van der Waals surface area contributed by atoms with Gasteiger partial charge in [0, 0.05) is 11.6 Å². The maximum absolute atomic E-state index is 11.7. The Labute approximate surface area is 173 Å². The minimum atomic E-state index is -0.666. The fourth-order valence-corrected chi connectivity index (χ4v) is 2.96. The summed E-state index contributed by atoms with van der Waals surface area (Å²) in [6.45, 7) is 0.786. The van der Waals surface area contributed by atoms with Crippen LogP contribution in [-0.2, 0) is 13.2 Å². The van der Waals surface area contributed by atoms with Crippen LogP contribution in [0, 0.1) is 0 Å². The fourth-order valence-electron chi connectivity index (χ4n) is 2.96. The zero-order valence-corrected chi connectivity index (χ0v) is 16.1. The van der Waals surface area contributed by atoms with E-state index in [9.17, 15) is 4.79 Å². The predicted octanol–water partition coefficient (Wildman–Crippen LogP) is 3.73. The first-order valence-electron chi connectivity index (χ1n) is 9.38. The van der Waals surface area contributed by atoms with Crippen LogP contribution in [0.5, 0.6) is 11.5 Å². The summed E-state index contributed by atoms with van der Waals surface area (Å²) in [5, 5.41) is 10.4. The average Bonchev–Trinajstić information content (AvgIpc) is 3.28. The van der Waals surface area contributed by atoms with E-state index < -0.39 is 5.91 Å². The van der Waals surface area contributed by atoms with Crippen molar-refractivity contribution in [1.29, 1.82) is 0 Å². The lowest BCUT2D eigenvalue weighted by molar-refractivity contribution is 0.0996. The molecule has 4 aromatic rings. The van der Waals surface area contributed by atoms with Gasteiger partial charge in [0.1, 0.15) is 30.4 Å². The summed E-state index contributed by atoms with van der Waals surface area (Å²) in [5.74, 6) is 0.497. The molecule has 7 heteroatoms. The Morgan fingerprint density at radius 1 is 0.800 bits per heavy atom. The molecule has 7 nitrogen and oxygen atoms in total. The molecule has 0 bridgehead atoms. The normalized spacial score (nSPS) is 10.5. The Hall–Kier alpha value is -4.13. The molecular weight excluding hydrogens is 380 g/mol. The monoisotopic (exact) mass is 400 g/mol. The number of H-pyrrole nitrogens is 1. The summed E-state index contributed by atoms with van der Waals surface area (Å²) < 4.78 is 11.9. The number of rotatable bonds is 8. The molecule has 0 aliphatic carbocycles. The van der Waals surface area contributed by atoms with E-state index in [0.717, 1.165) is 11.1 Å². The number of ether oxygens (including phenoxy) is 2. The third-order valence-electron chi connectivity index (χ3n) is 4.43. The first-order valence-corrected chi connectivity index (χ1v) is 9.38. The number of nitrogens with two attached hydrogens (primary N) is 1. The third kappa shape index (κ3) is 4.64. The number of aromatic nitrogens is 3. The second-order valence-electron chi connectivity index (χ2n) is 6.63. The van der Waals surface area contributed by atoms with Crippen LogP contribution in [0.25, 0.3) is 11.3 Å². The van der Waals surface area contributed by atoms with Crippen LogP contribution >= 0.6 is 0 Å². The molecule has 1 heterocycles. The summed E-state index contributed by atoms with van der Waals surface area (Å²) in [7, 11) is 0. The number of aromatic amines is 1. The molecule has 0 aliphatic heterocycles. The standard InChI is InChI=1S/C23H20N4O3/c24-23(28)22-21(25-27-26-22)18-11-19(29-14-16-7-3-1-4-8-16)13-20(12-18)30-15-17-9-5-2-6-10-17/h1-13H,14-15H2,(H2,24,28)(H,25,26,27). The molecule has 150 valence electrons. The maximum Gasteiger partial charge on any atom is 0.271 e. The molecule has 0 radical (unpaired) electrons. The van der Waals surface area contributed by atoms with Crippen LogP contribution in [0.4, 0.5) is 0 Å². The second-order valence-corrected chi connectivity index (χ2v) is 6.63. The highest BCUT2D eigenvalue weighted by molar-refractivity contribution is 5.96. The smallest absolute Gasteiger partial charge is 0.271 e. The molecule has 0 fully saturated rings. The Balaban J connectivity index is 1.62. The zero-order chi connectivity index (χ0) is 20.8. The molecule has 3 N–H and O–H groups in total. The number of nitrogens with one attached hydrogen (secondary N) is 1. The quantitative estimate of drug-likeness (QED) is 0.469. The number of hydrogen-bond acceptors (Lipinski definition) is 5. The van der Waals surface area contributed by atoms with Crippen molar-refractivity contribution < 1.29 is 14.3 Å². The first-order chi connectivity index (χ1) is 14.7. The molecule has 0 atom stereocenters. The van der Waals surface area contributed by atoms with E-state index in [2.05, 4.69) is 15.4 Å². The highest BCUT2D eigenvalue weighted by Crippen LogP contribution is 2.31. The second kappa shape index (κ2) is 8.91. The molecule has 1 amide bonds. The number of amides is 1. The van der Waals surface area contributed by atoms with Gasteiger partial charge in [0.15, 0.2) is 5.69 Å². The Bertz CT molecular complexity index is 1070. The number of primary amides is 1. The molecule has 4 rings (SSSR count). The molecule has 30 heavy (non-hydrogen) atoms. The largest absolute Gasteiger partial charge is 0.489 e. The van der Waals surface area contributed by atoms with Crippen LogP contribution in [0.2, 0.25) is 0 Å². The molecular formula is C23H20N4O3. The lowest BCUT2D eigenvalue weighted by Crippen LogP contribution is -2.12. The number of benzene rings is 3. The van der Waals surface area contributed by atoms with Gasteiger partial charge in [0.2, 0.25) is 0 Å². The minimum absolute atomic E-state index is 0.0595. The summed E-state index contributed by atoms with van der Waals surface area (Å²) in [6, 6.07) is 25.0. The van der Waals surface area contributed by atoms with Crippen molar-refractivity contribution >= 4 is 5.91 Å². The van der Waals surface area contributed by atoms with Gasteiger partial charge in [-0.1, -0.05) is 60.7 Å². The van der Waals surface area contributed by atoms with E-state index >= 15 is 0 Å². The number of carbonyl (C=O) groups is 1. The Morgan fingerprint density at radius 3 is 1.83 bits per heavy atom. The summed E-state index contributed by atoms with van der Waals surface area (Å²) in [6.07, 6.45) is 0. The number of carbonyl (C=O) groups excluding carboxylic acids is 1. The van der Waals surface area contributed by atoms with E-state index in [0.29, 0.717) is 36.0 Å². The van der Waals surface area contributed by atoms with E-state index in [1.165, 1.54) is 0 Å². The van der Waals surface area contributed by atoms with Gasteiger partial charge in [-0.05, 0) is 23.3 Å². The van der Waals surface area contributed by atoms with Gasteiger partial charge in [-0.3, -0.25) is 4.79 Å².